The molecule has 3 aromatic carbocycles. The van der Waals surface area contributed by atoms with Crippen LogP contribution in [0.1, 0.15) is 11.5 Å². The number of rotatable bonds is 7. The molecule has 152 valence electrons. The van der Waals surface area contributed by atoms with Crippen molar-refractivity contribution in [1.82, 2.24) is 10.1 Å². The third kappa shape index (κ3) is 3.92. The molecule has 0 amide bonds. The maximum absolute atomic E-state index is 13.0. The molecule has 10 heteroatoms. The molecule has 4 aromatic rings. The molecule has 0 saturated heterocycles. The van der Waals surface area contributed by atoms with Crippen molar-refractivity contribution in [1.29, 1.82) is 0 Å². The number of anilines is 3. The quantitative estimate of drug-likeness (QED) is 0.338. The zero-order valence-electron chi connectivity index (χ0n) is 15.2. The Balaban J connectivity index is 1.48. The van der Waals surface area contributed by atoms with Gasteiger partial charge < -0.3 is 15.2 Å². The van der Waals surface area contributed by atoms with Gasteiger partial charge in [-0.25, -0.2) is 0 Å². The van der Waals surface area contributed by atoms with Gasteiger partial charge in [-0.15, -0.1) is 0 Å². The second kappa shape index (κ2) is 7.68. The van der Waals surface area contributed by atoms with Gasteiger partial charge in [-0.2, -0.15) is 13.8 Å². The van der Waals surface area contributed by atoms with E-state index in [2.05, 4.69) is 25.3 Å². The summed E-state index contributed by atoms with van der Waals surface area (Å²) < 4.78 is 30.5. The van der Waals surface area contributed by atoms with Crippen molar-refractivity contribution in [2.75, 3.05) is 10.6 Å². The minimum absolute atomic E-state index is 0.0591. The lowest BCUT2D eigenvalue weighted by molar-refractivity contribution is 0.0551. The van der Waals surface area contributed by atoms with Crippen LogP contribution in [0.5, 0.6) is 0 Å². The summed E-state index contributed by atoms with van der Waals surface area (Å²) in [5.41, 5.74) is 1.03. The van der Waals surface area contributed by atoms with Gasteiger partial charge in [0.1, 0.15) is 11.4 Å². The van der Waals surface area contributed by atoms with Crippen LogP contribution in [-0.4, -0.2) is 10.1 Å². The maximum Gasteiger partial charge on any atom is 0.400 e. The van der Waals surface area contributed by atoms with E-state index < -0.39 is 22.1 Å². The summed E-state index contributed by atoms with van der Waals surface area (Å²) in [6, 6.07) is 15.7. The van der Waals surface area contributed by atoms with E-state index in [1.54, 1.807) is 24.3 Å². The highest BCUT2D eigenvalue weighted by Crippen LogP contribution is 2.32. The average molecular weight is 431 g/mol. The zero-order chi connectivity index (χ0) is 21.3. The molecule has 1 aromatic heterocycles. The summed E-state index contributed by atoms with van der Waals surface area (Å²) in [6.07, 6.45) is 0. The maximum atomic E-state index is 13.0. The Morgan fingerprint density at radius 1 is 0.967 bits per heavy atom. The van der Waals surface area contributed by atoms with Crippen LogP contribution in [0.3, 0.4) is 0 Å². The number of hydrogen-bond donors (Lipinski definition) is 2. The summed E-state index contributed by atoms with van der Waals surface area (Å²) in [6.45, 7) is 0.394. The van der Waals surface area contributed by atoms with Crippen molar-refractivity contribution in [2.24, 2.45) is 0 Å². The molecule has 0 fully saturated rings. The van der Waals surface area contributed by atoms with Gasteiger partial charge in [0.05, 0.1) is 0 Å². The third-order valence-electron chi connectivity index (χ3n) is 4.30. The summed E-state index contributed by atoms with van der Waals surface area (Å²) in [5.74, 6) is -1.06. The number of hydrogen-bond acceptors (Lipinski definition) is 7. The van der Waals surface area contributed by atoms with E-state index in [9.17, 15) is 18.4 Å². The second-order valence-corrected chi connectivity index (χ2v) is 6.85. The van der Waals surface area contributed by atoms with Crippen LogP contribution in [0, 0.1) is 0 Å². The predicted octanol–water partition coefficient (Wildman–Crippen LogP) is 3.98. The number of nitrogens with zero attached hydrogens (tertiary/aromatic N) is 2. The molecule has 0 aliphatic rings. The summed E-state index contributed by atoms with van der Waals surface area (Å²) in [5, 5.41) is 5.58. The zero-order valence-corrected chi connectivity index (χ0v) is 15.9. The van der Waals surface area contributed by atoms with E-state index in [1.165, 1.54) is 0 Å². The minimum Gasteiger partial charge on any atom is -0.376 e. The van der Waals surface area contributed by atoms with E-state index in [0.717, 1.165) is 5.56 Å². The Hall–Kier alpha value is -3.59. The van der Waals surface area contributed by atoms with Gasteiger partial charge in [-0.3, -0.25) is 9.59 Å². The highest BCUT2D eigenvalue weighted by atomic mass is 35.5. The smallest absolute Gasteiger partial charge is 0.376 e. The number of nitrogens with one attached hydrogen (secondary N) is 2. The normalized spacial score (nSPS) is 11.6. The van der Waals surface area contributed by atoms with Gasteiger partial charge >= 0.3 is 11.3 Å². The lowest BCUT2D eigenvalue weighted by Gasteiger charge is -2.15. The molecule has 2 N–H and O–H groups in total. The lowest BCUT2D eigenvalue weighted by Crippen LogP contribution is -2.36. The highest BCUT2D eigenvalue weighted by Gasteiger charge is 2.35. The van der Waals surface area contributed by atoms with Crippen molar-refractivity contribution in [2.45, 2.75) is 11.9 Å². The average Bonchev–Trinajstić information content (AvgIpc) is 3.25. The van der Waals surface area contributed by atoms with Crippen LogP contribution in [0.25, 0.3) is 11.4 Å². The first-order chi connectivity index (χ1) is 14.3. The summed E-state index contributed by atoms with van der Waals surface area (Å²) in [4.78, 5) is 27.4. The van der Waals surface area contributed by atoms with Gasteiger partial charge in [0.15, 0.2) is 0 Å². The van der Waals surface area contributed by atoms with Crippen molar-refractivity contribution >= 4 is 28.7 Å². The molecule has 0 spiro atoms. The fourth-order valence-corrected chi connectivity index (χ4v) is 2.85. The Morgan fingerprint density at radius 2 is 1.63 bits per heavy atom. The van der Waals surface area contributed by atoms with Gasteiger partial charge in [-0.05, 0) is 41.4 Å². The predicted molar refractivity (Wildman–Crippen MR) is 108 cm³/mol. The van der Waals surface area contributed by atoms with E-state index in [1.807, 2.05) is 30.3 Å². The fourth-order valence-electron chi connectivity index (χ4n) is 2.77. The summed E-state index contributed by atoms with van der Waals surface area (Å²) >= 11 is 4.86. The van der Waals surface area contributed by atoms with E-state index in [0.29, 0.717) is 17.8 Å². The van der Waals surface area contributed by atoms with Gasteiger partial charge in [0.25, 0.3) is 10.9 Å². The molecule has 0 radical (unpaired) electrons. The fraction of sp³-hybridized carbons (Fsp3) is 0.100. The molecule has 0 atom stereocenters. The van der Waals surface area contributed by atoms with Gasteiger partial charge in [0, 0.05) is 17.8 Å². The third-order valence-corrected chi connectivity index (χ3v) is 4.47. The van der Waals surface area contributed by atoms with E-state index in [4.69, 9.17) is 11.6 Å². The van der Waals surface area contributed by atoms with Crippen molar-refractivity contribution < 1.29 is 13.3 Å². The van der Waals surface area contributed by atoms with Crippen LogP contribution in [-0.2, 0) is 11.9 Å². The van der Waals surface area contributed by atoms with Gasteiger partial charge in [-0.1, -0.05) is 35.5 Å². The van der Waals surface area contributed by atoms with Crippen LogP contribution < -0.4 is 21.5 Å². The molecule has 0 unspecified atom stereocenters. The van der Waals surface area contributed by atoms with E-state index in [-0.39, 0.29) is 17.2 Å². The Kier molecular flexibility index (Phi) is 5.04. The molecule has 0 saturated carbocycles. The molecule has 0 aliphatic heterocycles. The largest absolute Gasteiger partial charge is 0.400 e. The molecule has 0 aliphatic carbocycles. The van der Waals surface area contributed by atoms with Crippen molar-refractivity contribution in [3.05, 3.63) is 86.5 Å². The Labute approximate surface area is 173 Å². The monoisotopic (exact) mass is 430 g/mol. The standard InChI is InChI=1S/C20H13ClF2N4O3/c21-20(22,23)19-26-18(27-30-19)12-6-8-13(9-7-12)25-15-14(16(28)17(15)29)24-10-11-4-2-1-3-5-11/h1-9,24-25H,10H2. The van der Waals surface area contributed by atoms with Crippen molar-refractivity contribution in [3.63, 3.8) is 0 Å². The molecule has 1 heterocycles. The molecule has 30 heavy (non-hydrogen) atoms. The first kappa shape index (κ1) is 19.7. The van der Waals surface area contributed by atoms with E-state index >= 15 is 0 Å². The van der Waals surface area contributed by atoms with Crippen molar-refractivity contribution in [3.8, 4) is 11.4 Å². The number of halogens is 3. The molecular weight excluding hydrogens is 418 g/mol. The first-order valence-electron chi connectivity index (χ1n) is 8.72. The topological polar surface area (TPSA) is 97.1 Å². The van der Waals surface area contributed by atoms with Crippen LogP contribution in [0.4, 0.5) is 25.8 Å². The first-order valence-corrected chi connectivity index (χ1v) is 9.10. The molecule has 0 bridgehead atoms. The van der Waals surface area contributed by atoms with Crippen LogP contribution in [0.15, 0.2) is 68.7 Å². The molecular formula is C20H13ClF2N4O3. The van der Waals surface area contributed by atoms with Gasteiger partial charge in [0.2, 0.25) is 5.82 Å². The number of benzene rings is 2. The van der Waals surface area contributed by atoms with Crippen LogP contribution in [0.2, 0.25) is 0 Å². The number of alkyl halides is 3. The summed E-state index contributed by atoms with van der Waals surface area (Å²) in [7, 11) is 0. The highest BCUT2D eigenvalue weighted by molar-refractivity contribution is 6.21. The Morgan fingerprint density at radius 3 is 2.27 bits per heavy atom. The lowest BCUT2D eigenvalue weighted by atomic mass is 10.1. The minimum atomic E-state index is -3.75. The number of aromatic nitrogens is 2. The SMILES string of the molecule is O=c1c(NCc2ccccc2)c(Nc2ccc(-c3noc(C(F)(F)Cl)n3)cc2)c1=O. The molecule has 7 nitrogen and oxygen atoms in total. The second-order valence-electron chi connectivity index (χ2n) is 6.37. The Bertz CT molecular complexity index is 1240. The molecule has 4 rings (SSSR count). The van der Waals surface area contributed by atoms with Crippen LogP contribution >= 0.6 is 11.6 Å².